The summed E-state index contributed by atoms with van der Waals surface area (Å²) in [6, 6.07) is 30.8. The summed E-state index contributed by atoms with van der Waals surface area (Å²) in [7, 11) is 1.71. The van der Waals surface area contributed by atoms with Gasteiger partial charge in [0.05, 0.1) is 25.1 Å². The minimum atomic E-state index is -4.55. The first kappa shape index (κ1) is 40.5. The molecule has 0 bridgehead atoms. The van der Waals surface area contributed by atoms with Gasteiger partial charge < -0.3 is 14.5 Å². The minimum Gasteiger partial charge on any atom is -0.496 e. The molecule has 0 radical (unpaired) electrons. The Balaban J connectivity index is 0.818. The number of hydrogen-bond donors (Lipinski definition) is 0. The summed E-state index contributed by atoms with van der Waals surface area (Å²) in [5.41, 5.74) is 9.01. The van der Waals surface area contributed by atoms with Gasteiger partial charge in [-0.15, -0.1) is 0 Å². The van der Waals surface area contributed by atoms with Gasteiger partial charge >= 0.3 is 18.2 Å². The maximum absolute atomic E-state index is 13.5. The van der Waals surface area contributed by atoms with Crippen molar-refractivity contribution < 1.29 is 27.5 Å². The molecule has 14 heteroatoms. The van der Waals surface area contributed by atoms with Gasteiger partial charge in [-0.25, -0.2) is 9.59 Å². The second-order valence-corrected chi connectivity index (χ2v) is 15.5. The quantitative estimate of drug-likeness (QED) is 0.147. The number of aromatic nitrogens is 4. The first-order valence-electron chi connectivity index (χ1n) is 20.1. The van der Waals surface area contributed by atoms with Crippen LogP contribution in [0.25, 0.3) is 22.3 Å². The predicted molar refractivity (Wildman–Crippen MR) is 223 cm³/mol. The van der Waals surface area contributed by atoms with Gasteiger partial charge in [0, 0.05) is 89.8 Å². The maximum Gasteiger partial charge on any atom is 0.419 e. The van der Waals surface area contributed by atoms with E-state index < -0.39 is 17.8 Å². The van der Waals surface area contributed by atoms with Crippen LogP contribution in [0.3, 0.4) is 0 Å². The van der Waals surface area contributed by atoms with Gasteiger partial charge in [0.25, 0.3) is 0 Å². The number of carbonyl (C=O) groups is 2. The predicted octanol–water partition coefficient (Wildman–Crippen LogP) is 7.91. The average molecular weight is 817 g/mol. The average Bonchev–Trinajstić information content (AvgIpc) is 3.96. The highest BCUT2D eigenvalue weighted by Gasteiger charge is 2.34. The van der Waals surface area contributed by atoms with Gasteiger partial charge in [0.2, 0.25) is 0 Å². The highest BCUT2D eigenvalue weighted by Crippen LogP contribution is 2.30. The second-order valence-electron chi connectivity index (χ2n) is 15.5. The van der Waals surface area contributed by atoms with Crippen molar-refractivity contribution in [2.45, 2.75) is 32.6 Å². The smallest absolute Gasteiger partial charge is 0.419 e. The standard InChI is InChI=1S/C46H47F3N8O3/c1-33-23-38(11-13-40(33)30-52-15-19-55(20-16-52)45(59)57-32-42(28-51-57)46(47,48)49)37-10-6-7-34(25-37)24-35-27-50-56(29-35)44(58)54-21-17-53(18-22-54)31-41-14-12-39(26-43(41)60-2)36-8-4-3-5-9-36/h3-14,23,25-29,32H,15-22,24,30-31H2,1-2H3. The van der Waals surface area contributed by atoms with Crippen molar-refractivity contribution in [1.29, 1.82) is 0 Å². The molecule has 60 heavy (non-hydrogen) atoms. The van der Waals surface area contributed by atoms with E-state index in [9.17, 15) is 22.8 Å². The summed E-state index contributed by atoms with van der Waals surface area (Å²) >= 11 is 0. The molecule has 11 nitrogen and oxygen atoms in total. The van der Waals surface area contributed by atoms with E-state index in [1.807, 2.05) is 35.4 Å². The molecule has 2 aliphatic rings. The van der Waals surface area contributed by atoms with Crippen molar-refractivity contribution in [2.75, 3.05) is 59.5 Å². The minimum absolute atomic E-state index is 0.123. The van der Waals surface area contributed by atoms with Crippen LogP contribution in [0.4, 0.5) is 22.8 Å². The fraction of sp³-hybridized carbons (Fsp3) is 0.304. The lowest BCUT2D eigenvalue weighted by molar-refractivity contribution is -0.137. The van der Waals surface area contributed by atoms with E-state index in [0.717, 1.165) is 80.8 Å². The maximum atomic E-state index is 13.5. The SMILES string of the molecule is COc1cc(-c2ccccc2)ccc1CN1CCN(C(=O)n2cc(Cc3cccc(-c4ccc(CN5CCN(C(=O)n6cc(C(F)(F)F)cn6)CC5)c(C)c4)c3)cn2)CC1. The van der Waals surface area contributed by atoms with E-state index in [-0.39, 0.29) is 6.03 Å². The number of piperazine rings is 2. The van der Waals surface area contributed by atoms with Crippen molar-refractivity contribution in [1.82, 2.24) is 39.2 Å². The molecular formula is C46H47F3N8O3. The topological polar surface area (TPSA) is 92.0 Å². The van der Waals surface area contributed by atoms with E-state index in [2.05, 4.69) is 93.7 Å². The Labute approximate surface area is 347 Å². The zero-order chi connectivity index (χ0) is 41.8. The number of rotatable bonds is 9. The molecule has 8 rings (SSSR count). The van der Waals surface area contributed by atoms with E-state index in [0.29, 0.717) is 58.4 Å². The van der Waals surface area contributed by atoms with Gasteiger partial charge in [-0.3, -0.25) is 9.80 Å². The number of ether oxygens (including phenoxy) is 1. The van der Waals surface area contributed by atoms with Crippen LogP contribution in [0.5, 0.6) is 5.75 Å². The van der Waals surface area contributed by atoms with Crippen molar-refractivity contribution in [3.05, 3.63) is 149 Å². The molecule has 0 aliphatic carbocycles. The summed E-state index contributed by atoms with van der Waals surface area (Å²) in [5.74, 6) is 0.862. The van der Waals surface area contributed by atoms with Crippen LogP contribution in [0.2, 0.25) is 0 Å². The van der Waals surface area contributed by atoms with Crippen molar-refractivity contribution in [3.63, 3.8) is 0 Å². The normalized spacial score (nSPS) is 15.3. The first-order chi connectivity index (χ1) is 29.0. The Morgan fingerprint density at radius 3 is 1.80 bits per heavy atom. The number of benzene rings is 4. The number of carbonyl (C=O) groups excluding carboxylic acids is 2. The molecule has 2 aliphatic heterocycles. The van der Waals surface area contributed by atoms with Crippen molar-refractivity contribution in [2.24, 2.45) is 0 Å². The van der Waals surface area contributed by atoms with Crippen LogP contribution >= 0.6 is 0 Å². The molecule has 2 saturated heterocycles. The summed E-state index contributed by atoms with van der Waals surface area (Å²) in [4.78, 5) is 34.2. The van der Waals surface area contributed by atoms with Gasteiger partial charge in [-0.05, 0) is 57.5 Å². The molecule has 0 spiro atoms. The highest BCUT2D eigenvalue weighted by molar-refractivity contribution is 5.77. The summed E-state index contributed by atoms with van der Waals surface area (Å²) in [5, 5.41) is 8.08. The van der Waals surface area contributed by atoms with Crippen LogP contribution in [-0.2, 0) is 25.7 Å². The molecule has 0 atom stereocenters. The Kier molecular flexibility index (Phi) is 11.8. The monoisotopic (exact) mass is 816 g/mol. The number of halogens is 3. The molecule has 2 aromatic heterocycles. The third-order valence-electron chi connectivity index (χ3n) is 11.4. The number of alkyl halides is 3. The van der Waals surface area contributed by atoms with E-state index >= 15 is 0 Å². The lowest BCUT2D eigenvalue weighted by Crippen LogP contribution is -2.49. The third kappa shape index (κ3) is 9.29. The zero-order valence-corrected chi connectivity index (χ0v) is 33.7. The number of aryl methyl sites for hydroxylation is 1. The molecular weight excluding hydrogens is 770 g/mol. The van der Waals surface area contributed by atoms with E-state index in [4.69, 9.17) is 4.74 Å². The second kappa shape index (κ2) is 17.5. The van der Waals surface area contributed by atoms with Crippen LogP contribution in [0.15, 0.2) is 116 Å². The molecule has 0 unspecified atom stereocenters. The molecule has 2 amide bonds. The fourth-order valence-electron chi connectivity index (χ4n) is 7.93. The van der Waals surface area contributed by atoms with E-state index in [1.54, 1.807) is 13.3 Å². The fourth-order valence-corrected chi connectivity index (χ4v) is 7.93. The lowest BCUT2D eigenvalue weighted by Gasteiger charge is -2.34. The van der Waals surface area contributed by atoms with Gasteiger partial charge in [-0.2, -0.15) is 32.7 Å². The van der Waals surface area contributed by atoms with Gasteiger partial charge in [0.15, 0.2) is 0 Å². The van der Waals surface area contributed by atoms with Crippen LogP contribution < -0.4 is 4.74 Å². The summed E-state index contributed by atoms with van der Waals surface area (Å²) < 4.78 is 46.9. The Hall–Kier alpha value is -6.25. The Bertz CT molecular complexity index is 2450. The van der Waals surface area contributed by atoms with Gasteiger partial charge in [0.1, 0.15) is 5.75 Å². The largest absolute Gasteiger partial charge is 0.496 e. The summed E-state index contributed by atoms with van der Waals surface area (Å²) in [6.45, 7) is 8.26. The molecule has 4 heterocycles. The number of amides is 2. The molecule has 6 aromatic rings. The third-order valence-corrected chi connectivity index (χ3v) is 11.4. The lowest BCUT2D eigenvalue weighted by atomic mass is 9.97. The van der Waals surface area contributed by atoms with E-state index in [1.165, 1.54) is 15.1 Å². The number of hydrogen-bond acceptors (Lipinski definition) is 7. The number of methoxy groups -OCH3 is 1. The molecule has 0 saturated carbocycles. The van der Waals surface area contributed by atoms with Crippen LogP contribution in [-0.4, -0.2) is 111 Å². The van der Waals surface area contributed by atoms with Crippen LogP contribution in [0, 0.1) is 6.92 Å². The summed E-state index contributed by atoms with van der Waals surface area (Å²) in [6.07, 6.45) is 1.09. The molecule has 2 fully saturated rings. The number of nitrogens with zero attached hydrogens (tertiary/aromatic N) is 8. The van der Waals surface area contributed by atoms with Crippen molar-refractivity contribution in [3.8, 4) is 28.0 Å². The molecule has 310 valence electrons. The van der Waals surface area contributed by atoms with Crippen LogP contribution in [0.1, 0.15) is 33.4 Å². The Morgan fingerprint density at radius 2 is 1.18 bits per heavy atom. The van der Waals surface area contributed by atoms with Gasteiger partial charge in [-0.1, -0.05) is 84.9 Å². The molecule has 4 aromatic carbocycles. The highest BCUT2D eigenvalue weighted by atomic mass is 19.4. The zero-order valence-electron chi connectivity index (χ0n) is 33.7. The first-order valence-corrected chi connectivity index (χ1v) is 20.1. The molecule has 0 N–H and O–H groups in total. The van der Waals surface area contributed by atoms with Crippen molar-refractivity contribution >= 4 is 12.1 Å². The Morgan fingerprint density at radius 1 is 0.617 bits per heavy atom.